The van der Waals surface area contributed by atoms with Crippen LogP contribution in [-0.4, -0.2) is 23.0 Å². The Morgan fingerprint density at radius 1 is 1.36 bits per heavy atom. The van der Waals surface area contributed by atoms with E-state index in [1.165, 1.54) is 25.9 Å². The first kappa shape index (κ1) is 9.17. The SMILES string of the molecule is N#Cc1cccc(CN2CCCC2)n1. The van der Waals surface area contributed by atoms with E-state index in [2.05, 4.69) is 16.0 Å². The highest BCUT2D eigenvalue weighted by Crippen LogP contribution is 2.11. The van der Waals surface area contributed by atoms with E-state index in [9.17, 15) is 0 Å². The molecule has 3 nitrogen and oxygen atoms in total. The molecular formula is C11H13N3. The van der Waals surface area contributed by atoms with Gasteiger partial charge >= 0.3 is 0 Å². The maximum Gasteiger partial charge on any atom is 0.140 e. The summed E-state index contributed by atoms with van der Waals surface area (Å²) in [6.45, 7) is 3.21. The lowest BCUT2D eigenvalue weighted by Gasteiger charge is -2.13. The van der Waals surface area contributed by atoms with E-state index in [0.717, 1.165) is 12.2 Å². The number of nitrogens with zero attached hydrogens (tertiary/aromatic N) is 3. The summed E-state index contributed by atoms with van der Waals surface area (Å²) in [5.41, 5.74) is 1.52. The van der Waals surface area contributed by atoms with E-state index in [0.29, 0.717) is 5.69 Å². The summed E-state index contributed by atoms with van der Waals surface area (Å²) >= 11 is 0. The highest BCUT2D eigenvalue weighted by atomic mass is 15.1. The fourth-order valence-corrected chi connectivity index (χ4v) is 1.80. The fourth-order valence-electron chi connectivity index (χ4n) is 1.80. The average Bonchev–Trinajstić information content (AvgIpc) is 2.71. The molecule has 0 spiro atoms. The molecule has 14 heavy (non-hydrogen) atoms. The monoisotopic (exact) mass is 187 g/mol. The molecule has 1 aliphatic rings. The Bertz CT molecular complexity index is 348. The zero-order valence-electron chi connectivity index (χ0n) is 8.11. The smallest absolute Gasteiger partial charge is 0.140 e. The minimum atomic E-state index is 0.515. The van der Waals surface area contributed by atoms with Crippen molar-refractivity contribution in [1.82, 2.24) is 9.88 Å². The van der Waals surface area contributed by atoms with Gasteiger partial charge in [0.25, 0.3) is 0 Å². The van der Waals surface area contributed by atoms with Gasteiger partial charge in [-0.25, -0.2) is 4.98 Å². The molecule has 2 heterocycles. The predicted molar refractivity (Wildman–Crippen MR) is 53.5 cm³/mol. The topological polar surface area (TPSA) is 39.9 Å². The normalized spacial score (nSPS) is 16.8. The van der Waals surface area contributed by atoms with Crippen molar-refractivity contribution in [2.24, 2.45) is 0 Å². The van der Waals surface area contributed by atoms with Crippen LogP contribution in [0.4, 0.5) is 0 Å². The number of hydrogen-bond acceptors (Lipinski definition) is 3. The molecule has 0 unspecified atom stereocenters. The largest absolute Gasteiger partial charge is 0.298 e. The summed E-state index contributed by atoms with van der Waals surface area (Å²) in [6.07, 6.45) is 2.58. The fraction of sp³-hybridized carbons (Fsp3) is 0.455. The molecule has 0 aromatic carbocycles. The molecule has 1 saturated heterocycles. The molecule has 1 fully saturated rings. The van der Waals surface area contributed by atoms with E-state index in [4.69, 9.17) is 5.26 Å². The average molecular weight is 187 g/mol. The number of hydrogen-bond donors (Lipinski definition) is 0. The first-order valence-electron chi connectivity index (χ1n) is 4.97. The second-order valence-electron chi connectivity index (χ2n) is 3.61. The standard InChI is InChI=1S/C11H13N3/c12-8-10-4-3-5-11(13-10)9-14-6-1-2-7-14/h3-5H,1-2,6-7,9H2. The van der Waals surface area contributed by atoms with E-state index in [1.807, 2.05) is 12.1 Å². The number of likely N-dealkylation sites (tertiary alicyclic amines) is 1. The van der Waals surface area contributed by atoms with Gasteiger partial charge < -0.3 is 0 Å². The van der Waals surface area contributed by atoms with E-state index in [1.54, 1.807) is 6.07 Å². The van der Waals surface area contributed by atoms with Crippen molar-refractivity contribution in [1.29, 1.82) is 5.26 Å². The lowest BCUT2D eigenvalue weighted by atomic mass is 10.3. The quantitative estimate of drug-likeness (QED) is 0.705. The number of rotatable bonds is 2. The zero-order chi connectivity index (χ0) is 9.80. The van der Waals surface area contributed by atoms with Crippen LogP contribution >= 0.6 is 0 Å². The molecule has 0 atom stereocenters. The number of nitriles is 1. The van der Waals surface area contributed by atoms with Crippen molar-refractivity contribution < 1.29 is 0 Å². The molecule has 0 N–H and O–H groups in total. The van der Waals surface area contributed by atoms with Crippen LogP contribution in [0.1, 0.15) is 24.2 Å². The van der Waals surface area contributed by atoms with Crippen LogP contribution < -0.4 is 0 Å². The minimum absolute atomic E-state index is 0.515. The predicted octanol–water partition coefficient (Wildman–Crippen LogP) is 1.55. The lowest BCUT2D eigenvalue weighted by molar-refractivity contribution is 0.327. The molecule has 1 aromatic heterocycles. The van der Waals surface area contributed by atoms with Gasteiger partial charge in [-0.2, -0.15) is 5.26 Å². The van der Waals surface area contributed by atoms with E-state index >= 15 is 0 Å². The molecule has 0 radical (unpaired) electrons. The van der Waals surface area contributed by atoms with E-state index < -0.39 is 0 Å². The highest BCUT2D eigenvalue weighted by molar-refractivity contribution is 5.22. The van der Waals surface area contributed by atoms with Gasteiger partial charge in [0.1, 0.15) is 11.8 Å². The van der Waals surface area contributed by atoms with Crippen molar-refractivity contribution in [3.63, 3.8) is 0 Å². The van der Waals surface area contributed by atoms with Crippen molar-refractivity contribution in [2.45, 2.75) is 19.4 Å². The Hall–Kier alpha value is -1.40. The molecule has 72 valence electrons. The zero-order valence-corrected chi connectivity index (χ0v) is 8.11. The van der Waals surface area contributed by atoms with Gasteiger partial charge in [-0.15, -0.1) is 0 Å². The van der Waals surface area contributed by atoms with Crippen LogP contribution in [0.2, 0.25) is 0 Å². The number of pyridine rings is 1. The van der Waals surface area contributed by atoms with Gasteiger partial charge in [-0.1, -0.05) is 6.07 Å². The van der Waals surface area contributed by atoms with Crippen LogP contribution in [0.15, 0.2) is 18.2 Å². The molecule has 1 aliphatic heterocycles. The molecule has 1 aromatic rings. The summed E-state index contributed by atoms with van der Waals surface area (Å²) in [5.74, 6) is 0. The molecule has 2 rings (SSSR count). The molecule has 0 saturated carbocycles. The van der Waals surface area contributed by atoms with Crippen molar-refractivity contribution in [3.8, 4) is 6.07 Å². The maximum atomic E-state index is 8.70. The molecule has 3 heteroatoms. The van der Waals surface area contributed by atoms with Gasteiger partial charge in [0.05, 0.1) is 5.69 Å². The first-order chi connectivity index (χ1) is 6.88. The minimum Gasteiger partial charge on any atom is -0.298 e. The van der Waals surface area contributed by atoms with Crippen molar-refractivity contribution >= 4 is 0 Å². The van der Waals surface area contributed by atoms with Gasteiger partial charge in [0.15, 0.2) is 0 Å². The van der Waals surface area contributed by atoms with Crippen LogP contribution in [0, 0.1) is 11.3 Å². The maximum absolute atomic E-state index is 8.70. The number of aromatic nitrogens is 1. The molecule has 0 bridgehead atoms. The van der Waals surface area contributed by atoms with Gasteiger partial charge in [0.2, 0.25) is 0 Å². The Morgan fingerprint density at radius 3 is 2.86 bits per heavy atom. The van der Waals surface area contributed by atoms with Crippen LogP contribution in [-0.2, 0) is 6.54 Å². The first-order valence-corrected chi connectivity index (χ1v) is 4.97. The van der Waals surface area contributed by atoms with Gasteiger partial charge in [-0.3, -0.25) is 4.90 Å². The third-order valence-electron chi connectivity index (χ3n) is 2.51. The van der Waals surface area contributed by atoms with Gasteiger partial charge in [0, 0.05) is 6.54 Å². The summed E-state index contributed by atoms with van der Waals surface area (Å²) in [5, 5.41) is 8.70. The van der Waals surface area contributed by atoms with Crippen molar-refractivity contribution in [3.05, 3.63) is 29.6 Å². The summed E-state index contributed by atoms with van der Waals surface area (Å²) in [6, 6.07) is 7.69. The molecule has 0 amide bonds. The summed E-state index contributed by atoms with van der Waals surface area (Å²) < 4.78 is 0. The van der Waals surface area contributed by atoms with E-state index in [-0.39, 0.29) is 0 Å². The Morgan fingerprint density at radius 2 is 2.14 bits per heavy atom. The molecule has 0 aliphatic carbocycles. The third kappa shape index (κ3) is 2.09. The summed E-state index contributed by atoms with van der Waals surface area (Å²) in [4.78, 5) is 6.63. The second kappa shape index (κ2) is 4.21. The molecular weight excluding hydrogens is 174 g/mol. The van der Waals surface area contributed by atoms with Crippen LogP contribution in [0.5, 0.6) is 0 Å². The Kier molecular flexibility index (Phi) is 2.76. The van der Waals surface area contributed by atoms with Crippen molar-refractivity contribution in [2.75, 3.05) is 13.1 Å². The van der Waals surface area contributed by atoms with Gasteiger partial charge in [-0.05, 0) is 38.1 Å². The van der Waals surface area contributed by atoms with Crippen LogP contribution in [0.25, 0.3) is 0 Å². The Labute approximate surface area is 84.0 Å². The lowest BCUT2D eigenvalue weighted by Crippen LogP contribution is -2.19. The second-order valence-corrected chi connectivity index (χ2v) is 3.61. The Balaban J connectivity index is 2.05. The highest BCUT2D eigenvalue weighted by Gasteiger charge is 2.12. The third-order valence-corrected chi connectivity index (χ3v) is 2.51. The summed E-state index contributed by atoms with van der Waals surface area (Å²) in [7, 11) is 0. The van der Waals surface area contributed by atoms with Crippen LogP contribution in [0.3, 0.4) is 0 Å².